The number of alkyl halides is 3. The summed E-state index contributed by atoms with van der Waals surface area (Å²) in [4.78, 5) is 26.2. The lowest BCUT2D eigenvalue weighted by Gasteiger charge is -2.16. The minimum absolute atomic E-state index is 0.0849. The highest BCUT2D eigenvalue weighted by molar-refractivity contribution is 6.30. The van der Waals surface area contributed by atoms with Crippen LogP contribution in [0.4, 0.5) is 30.5 Å². The lowest BCUT2D eigenvalue weighted by Crippen LogP contribution is -2.27. The van der Waals surface area contributed by atoms with Crippen LogP contribution in [0.25, 0.3) is 0 Å². The van der Waals surface area contributed by atoms with E-state index in [1.54, 1.807) is 24.3 Å². The Labute approximate surface area is 166 Å². The topological polar surface area (TPSA) is 90.1 Å². The van der Waals surface area contributed by atoms with Gasteiger partial charge in [-0.2, -0.15) is 13.2 Å². The van der Waals surface area contributed by atoms with Crippen molar-refractivity contribution < 1.29 is 18.1 Å². The van der Waals surface area contributed by atoms with Crippen molar-refractivity contribution in [2.75, 3.05) is 5.32 Å². The van der Waals surface area contributed by atoms with Gasteiger partial charge in [0.25, 0.3) is 11.2 Å². The van der Waals surface area contributed by atoms with Gasteiger partial charge in [0.15, 0.2) is 5.69 Å². The predicted octanol–water partition coefficient (Wildman–Crippen LogP) is 4.62. The van der Waals surface area contributed by atoms with Crippen molar-refractivity contribution >= 4 is 28.9 Å². The van der Waals surface area contributed by atoms with Gasteiger partial charge < -0.3 is 5.32 Å². The van der Waals surface area contributed by atoms with E-state index in [1.807, 2.05) is 0 Å². The quantitative estimate of drug-likeness (QED) is 0.477. The number of non-ortho nitro benzene ring substituents is 1. The van der Waals surface area contributed by atoms with Gasteiger partial charge in [-0.15, -0.1) is 0 Å². The van der Waals surface area contributed by atoms with Crippen LogP contribution in [-0.2, 0) is 12.7 Å². The molecule has 0 radical (unpaired) electrons. The van der Waals surface area contributed by atoms with E-state index >= 15 is 0 Å². The molecule has 1 heterocycles. The molecule has 0 aliphatic heterocycles. The molecule has 150 valence electrons. The van der Waals surface area contributed by atoms with Gasteiger partial charge in [-0.05, 0) is 23.8 Å². The number of rotatable bonds is 5. The maximum Gasteiger partial charge on any atom is 0.433 e. The Balaban J connectivity index is 2.07. The second kappa shape index (κ2) is 7.92. The molecule has 0 amide bonds. The number of aromatic nitrogens is 2. The third-order valence-corrected chi connectivity index (χ3v) is 4.12. The Kier molecular flexibility index (Phi) is 5.55. The maximum atomic E-state index is 13.1. The number of nitrogens with one attached hydrogen (secondary N) is 1. The predicted molar refractivity (Wildman–Crippen MR) is 100 cm³/mol. The molecule has 0 atom stereocenters. The van der Waals surface area contributed by atoms with Gasteiger partial charge in [-0.25, -0.2) is 4.98 Å². The zero-order valence-electron chi connectivity index (χ0n) is 14.5. The summed E-state index contributed by atoms with van der Waals surface area (Å²) in [5.74, 6) is -0.403. The Morgan fingerprint density at radius 3 is 2.45 bits per heavy atom. The molecule has 0 unspecified atom stereocenters. The van der Waals surface area contributed by atoms with Gasteiger partial charge in [-0.1, -0.05) is 29.8 Å². The summed E-state index contributed by atoms with van der Waals surface area (Å²) in [7, 11) is 0. The highest BCUT2D eigenvalue weighted by atomic mass is 35.5. The summed E-state index contributed by atoms with van der Waals surface area (Å²) in [6.45, 7) is -0.0849. The third-order valence-electron chi connectivity index (χ3n) is 3.87. The molecular weight excluding hydrogens is 413 g/mol. The molecule has 0 fully saturated rings. The highest BCUT2D eigenvalue weighted by Crippen LogP contribution is 2.28. The zero-order chi connectivity index (χ0) is 21.2. The fourth-order valence-electron chi connectivity index (χ4n) is 2.50. The van der Waals surface area contributed by atoms with E-state index in [4.69, 9.17) is 11.6 Å². The molecule has 1 aromatic heterocycles. The molecule has 2 aromatic carbocycles. The second-order valence-corrected chi connectivity index (χ2v) is 6.38. The van der Waals surface area contributed by atoms with Gasteiger partial charge >= 0.3 is 6.18 Å². The molecule has 0 bridgehead atoms. The average Bonchev–Trinajstić information content (AvgIpc) is 2.65. The number of nitro groups is 1. The number of benzene rings is 2. The van der Waals surface area contributed by atoms with E-state index < -0.39 is 28.3 Å². The standard InChI is InChI=1S/C18H12ClF3N4O3/c19-12-6-4-11(5-7-12)10-25-16(27)9-15(18(20,21)22)24-17(25)23-13-2-1-3-14(8-13)26(28)29/h1-9H,10H2,(H,23,24). The van der Waals surface area contributed by atoms with Crippen LogP contribution >= 0.6 is 11.6 Å². The minimum Gasteiger partial charge on any atom is -0.325 e. The van der Waals surface area contributed by atoms with Crippen molar-refractivity contribution in [3.05, 3.63) is 91.3 Å². The molecule has 3 rings (SSSR count). The first-order valence-electron chi connectivity index (χ1n) is 8.08. The first-order valence-corrected chi connectivity index (χ1v) is 8.46. The van der Waals surface area contributed by atoms with Gasteiger partial charge in [0, 0.05) is 28.9 Å². The Hall–Kier alpha value is -3.40. The van der Waals surface area contributed by atoms with Crippen LogP contribution in [0.2, 0.25) is 5.02 Å². The van der Waals surface area contributed by atoms with Crippen LogP contribution in [-0.4, -0.2) is 14.5 Å². The second-order valence-electron chi connectivity index (χ2n) is 5.95. The lowest BCUT2D eigenvalue weighted by atomic mass is 10.2. The van der Waals surface area contributed by atoms with Crippen molar-refractivity contribution in [2.24, 2.45) is 0 Å². The normalized spacial score (nSPS) is 11.3. The smallest absolute Gasteiger partial charge is 0.325 e. The van der Waals surface area contributed by atoms with Crippen LogP contribution in [0.5, 0.6) is 0 Å². The lowest BCUT2D eigenvalue weighted by molar-refractivity contribution is -0.384. The van der Waals surface area contributed by atoms with Crippen molar-refractivity contribution in [3.63, 3.8) is 0 Å². The van der Waals surface area contributed by atoms with Gasteiger partial charge in [0.2, 0.25) is 5.95 Å². The molecule has 0 spiro atoms. The van der Waals surface area contributed by atoms with Crippen LogP contribution in [0.3, 0.4) is 0 Å². The number of nitrogens with zero attached hydrogens (tertiary/aromatic N) is 3. The van der Waals surface area contributed by atoms with E-state index in [1.165, 1.54) is 18.2 Å². The van der Waals surface area contributed by atoms with E-state index in [0.29, 0.717) is 16.7 Å². The van der Waals surface area contributed by atoms with Crippen molar-refractivity contribution in [1.82, 2.24) is 9.55 Å². The van der Waals surface area contributed by atoms with Crippen molar-refractivity contribution in [1.29, 1.82) is 0 Å². The fourth-order valence-corrected chi connectivity index (χ4v) is 2.62. The summed E-state index contributed by atoms with van der Waals surface area (Å²) in [6.07, 6.45) is -4.84. The third kappa shape index (κ3) is 4.91. The summed E-state index contributed by atoms with van der Waals surface area (Å²) >= 11 is 5.82. The molecular formula is C18H12ClF3N4O3. The molecule has 0 aliphatic rings. The molecule has 3 aromatic rings. The molecule has 7 nitrogen and oxygen atoms in total. The molecule has 0 saturated heterocycles. The Morgan fingerprint density at radius 1 is 1.14 bits per heavy atom. The van der Waals surface area contributed by atoms with Crippen LogP contribution in [0.15, 0.2) is 59.4 Å². The van der Waals surface area contributed by atoms with E-state index in [9.17, 15) is 28.1 Å². The zero-order valence-corrected chi connectivity index (χ0v) is 15.2. The molecule has 29 heavy (non-hydrogen) atoms. The first kappa shape index (κ1) is 20.3. The van der Waals surface area contributed by atoms with E-state index in [2.05, 4.69) is 10.3 Å². The average molecular weight is 425 g/mol. The number of nitro benzene ring substituents is 1. The van der Waals surface area contributed by atoms with Crippen LogP contribution < -0.4 is 10.9 Å². The number of halogens is 4. The maximum absolute atomic E-state index is 13.1. The van der Waals surface area contributed by atoms with Crippen LogP contribution in [0.1, 0.15) is 11.3 Å². The van der Waals surface area contributed by atoms with Gasteiger partial charge in [0.1, 0.15) is 0 Å². The molecule has 1 N–H and O–H groups in total. The number of hydrogen-bond donors (Lipinski definition) is 1. The van der Waals surface area contributed by atoms with Crippen molar-refractivity contribution in [3.8, 4) is 0 Å². The molecule has 0 aliphatic carbocycles. The fraction of sp³-hybridized carbons (Fsp3) is 0.111. The number of anilines is 2. The van der Waals surface area contributed by atoms with Gasteiger partial charge in [0.05, 0.1) is 11.5 Å². The Morgan fingerprint density at radius 2 is 1.83 bits per heavy atom. The van der Waals surface area contributed by atoms with E-state index in [0.717, 1.165) is 10.6 Å². The van der Waals surface area contributed by atoms with E-state index in [-0.39, 0.29) is 17.9 Å². The molecule has 11 heteroatoms. The monoisotopic (exact) mass is 424 g/mol. The summed E-state index contributed by atoms with van der Waals surface area (Å²) < 4.78 is 40.3. The first-order chi connectivity index (χ1) is 13.6. The summed E-state index contributed by atoms with van der Waals surface area (Å²) in [6, 6.07) is 11.9. The molecule has 0 saturated carbocycles. The Bertz CT molecular complexity index is 1110. The highest BCUT2D eigenvalue weighted by Gasteiger charge is 2.34. The minimum atomic E-state index is -4.84. The number of hydrogen-bond acceptors (Lipinski definition) is 5. The van der Waals surface area contributed by atoms with Crippen molar-refractivity contribution in [2.45, 2.75) is 12.7 Å². The summed E-state index contributed by atoms with van der Waals surface area (Å²) in [5, 5.41) is 14.0. The SMILES string of the molecule is O=c1cc(C(F)(F)F)nc(Nc2cccc([N+](=O)[O-])c2)n1Cc1ccc(Cl)cc1. The largest absolute Gasteiger partial charge is 0.433 e. The van der Waals surface area contributed by atoms with Crippen LogP contribution in [0, 0.1) is 10.1 Å². The summed E-state index contributed by atoms with van der Waals surface area (Å²) in [5.41, 5.74) is -1.87. The van der Waals surface area contributed by atoms with Gasteiger partial charge in [-0.3, -0.25) is 19.5 Å².